The van der Waals surface area contributed by atoms with Crippen molar-refractivity contribution in [1.82, 2.24) is 0 Å². The standard InChI is InChI=1S/C11H8F3NO3/c12-6-1-2-7(10(14)9(6)13)15-4-5(11(17)18)3-8(15)16/h1-2,5H,3-4H2,(H,17,18). The number of nitrogens with zero attached hydrogens (tertiary/aromatic N) is 1. The number of carboxylic acid groups (broad SMARTS) is 1. The second-order valence-corrected chi connectivity index (χ2v) is 3.94. The van der Waals surface area contributed by atoms with Crippen LogP contribution >= 0.6 is 0 Å². The third-order valence-corrected chi connectivity index (χ3v) is 2.78. The number of carboxylic acids is 1. The SMILES string of the molecule is O=C(O)C1CC(=O)N(c2ccc(F)c(F)c2F)C1. The summed E-state index contributed by atoms with van der Waals surface area (Å²) < 4.78 is 39.2. The highest BCUT2D eigenvalue weighted by molar-refractivity contribution is 5.99. The van der Waals surface area contributed by atoms with Crippen molar-refractivity contribution in [2.75, 3.05) is 11.4 Å². The van der Waals surface area contributed by atoms with Crippen molar-refractivity contribution in [2.45, 2.75) is 6.42 Å². The van der Waals surface area contributed by atoms with Gasteiger partial charge in [0, 0.05) is 13.0 Å². The topological polar surface area (TPSA) is 57.6 Å². The zero-order valence-electron chi connectivity index (χ0n) is 8.99. The van der Waals surface area contributed by atoms with Gasteiger partial charge in [-0.3, -0.25) is 9.59 Å². The molecule has 18 heavy (non-hydrogen) atoms. The van der Waals surface area contributed by atoms with E-state index >= 15 is 0 Å². The van der Waals surface area contributed by atoms with E-state index in [9.17, 15) is 22.8 Å². The first kappa shape index (κ1) is 12.4. The fourth-order valence-corrected chi connectivity index (χ4v) is 1.83. The molecule has 0 saturated carbocycles. The van der Waals surface area contributed by atoms with E-state index in [0.29, 0.717) is 6.07 Å². The van der Waals surface area contributed by atoms with Crippen molar-refractivity contribution in [1.29, 1.82) is 0 Å². The highest BCUT2D eigenvalue weighted by Crippen LogP contribution is 2.29. The summed E-state index contributed by atoms with van der Waals surface area (Å²) in [5.74, 6) is -7.32. The monoisotopic (exact) mass is 259 g/mol. The van der Waals surface area contributed by atoms with Gasteiger partial charge in [0.25, 0.3) is 0 Å². The average Bonchev–Trinajstić information content (AvgIpc) is 2.69. The molecule has 1 N–H and O–H groups in total. The smallest absolute Gasteiger partial charge is 0.308 e. The molecule has 0 radical (unpaired) electrons. The normalized spacial score (nSPS) is 19.4. The molecule has 1 amide bonds. The van der Waals surface area contributed by atoms with Gasteiger partial charge in [0.15, 0.2) is 17.5 Å². The summed E-state index contributed by atoms with van der Waals surface area (Å²) in [6.07, 6.45) is -0.284. The third kappa shape index (κ3) is 1.92. The number of amides is 1. The molecule has 1 aromatic rings. The molecule has 1 aliphatic rings. The zero-order valence-corrected chi connectivity index (χ0v) is 8.99. The summed E-state index contributed by atoms with van der Waals surface area (Å²) in [6.45, 7) is -0.254. The van der Waals surface area contributed by atoms with Crippen molar-refractivity contribution in [3.8, 4) is 0 Å². The average molecular weight is 259 g/mol. The minimum absolute atomic E-state index is 0.254. The number of carbonyl (C=O) groups is 2. The molecule has 1 aliphatic heterocycles. The van der Waals surface area contributed by atoms with Gasteiger partial charge in [0.05, 0.1) is 11.6 Å². The number of halogens is 3. The number of hydrogen-bond donors (Lipinski definition) is 1. The van der Waals surface area contributed by atoms with Gasteiger partial charge in [-0.2, -0.15) is 0 Å². The van der Waals surface area contributed by atoms with E-state index in [0.717, 1.165) is 11.0 Å². The minimum atomic E-state index is -1.68. The van der Waals surface area contributed by atoms with Gasteiger partial charge in [-0.25, -0.2) is 13.2 Å². The van der Waals surface area contributed by atoms with E-state index in [4.69, 9.17) is 5.11 Å². The second-order valence-electron chi connectivity index (χ2n) is 3.94. The van der Waals surface area contributed by atoms with Gasteiger partial charge in [-0.05, 0) is 12.1 Å². The lowest BCUT2D eigenvalue weighted by molar-refractivity contribution is -0.141. The summed E-state index contributed by atoms with van der Waals surface area (Å²) >= 11 is 0. The van der Waals surface area contributed by atoms with Crippen LogP contribution in [-0.2, 0) is 9.59 Å². The molecule has 4 nitrogen and oxygen atoms in total. The Morgan fingerprint density at radius 3 is 2.50 bits per heavy atom. The largest absolute Gasteiger partial charge is 0.481 e. The summed E-state index contributed by atoms with van der Waals surface area (Å²) in [5, 5.41) is 8.76. The highest BCUT2D eigenvalue weighted by atomic mass is 19.2. The first-order valence-electron chi connectivity index (χ1n) is 5.08. The Balaban J connectivity index is 2.36. The Hall–Kier alpha value is -2.05. The maximum atomic E-state index is 13.5. The van der Waals surface area contributed by atoms with E-state index in [2.05, 4.69) is 0 Å². The lowest BCUT2D eigenvalue weighted by atomic mass is 10.1. The van der Waals surface area contributed by atoms with Crippen LogP contribution in [0.25, 0.3) is 0 Å². The molecule has 1 aromatic carbocycles. The fourth-order valence-electron chi connectivity index (χ4n) is 1.83. The van der Waals surface area contributed by atoms with Crippen molar-refractivity contribution >= 4 is 17.6 Å². The number of rotatable bonds is 2. The molecule has 0 spiro atoms. The Bertz CT molecular complexity index is 533. The number of carbonyl (C=O) groups excluding carboxylic acids is 1. The summed E-state index contributed by atoms with van der Waals surface area (Å²) in [6, 6.07) is 1.60. The van der Waals surface area contributed by atoms with Gasteiger partial charge in [-0.1, -0.05) is 0 Å². The summed E-state index contributed by atoms with van der Waals surface area (Å²) in [4.78, 5) is 23.1. The third-order valence-electron chi connectivity index (χ3n) is 2.78. The maximum Gasteiger partial charge on any atom is 0.308 e. The van der Waals surface area contributed by atoms with Gasteiger partial charge in [0.2, 0.25) is 5.91 Å². The zero-order chi connectivity index (χ0) is 13.4. The molecule has 7 heteroatoms. The molecule has 1 saturated heterocycles. The van der Waals surface area contributed by atoms with Gasteiger partial charge in [-0.15, -0.1) is 0 Å². The van der Waals surface area contributed by atoms with Crippen LogP contribution in [0.3, 0.4) is 0 Å². The molecule has 1 atom stereocenters. The minimum Gasteiger partial charge on any atom is -0.481 e. The quantitative estimate of drug-likeness (QED) is 0.819. The highest BCUT2D eigenvalue weighted by Gasteiger charge is 2.36. The summed E-state index contributed by atoms with van der Waals surface area (Å²) in [7, 11) is 0. The van der Waals surface area contributed by atoms with Crippen LogP contribution in [0.4, 0.5) is 18.9 Å². The van der Waals surface area contributed by atoms with E-state index in [-0.39, 0.29) is 13.0 Å². The van der Waals surface area contributed by atoms with Crippen LogP contribution in [0.5, 0.6) is 0 Å². The van der Waals surface area contributed by atoms with Crippen LogP contribution in [0.1, 0.15) is 6.42 Å². The summed E-state index contributed by atoms with van der Waals surface area (Å²) in [5.41, 5.74) is -0.442. The lowest BCUT2D eigenvalue weighted by Gasteiger charge is -2.17. The van der Waals surface area contributed by atoms with Crippen LogP contribution in [0.2, 0.25) is 0 Å². The predicted molar refractivity (Wildman–Crippen MR) is 54.4 cm³/mol. The van der Waals surface area contributed by atoms with Gasteiger partial charge in [0.1, 0.15) is 0 Å². The molecule has 96 valence electrons. The van der Waals surface area contributed by atoms with E-state index in [1.165, 1.54) is 0 Å². The molecular formula is C11H8F3NO3. The first-order chi connectivity index (χ1) is 8.41. The van der Waals surface area contributed by atoms with Crippen molar-refractivity contribution < 1.29 is 27.9 Å². The Kier molecular flexibility index (Phi) is 2.98. The molecule has 0 aliphatic carbocycles. The van der Waals surface area contributed by atoms with Crippen molar-refractivity contribution in [3.05, 3.63) is 29.6 Å². The van der Waals surface area contributed by atoms with Crippen LogP contribution in [0, 0.1) is 23.4 Å². The fraction of sp³-hybridized carbons (Fsp3) is 0.273. The molecule has 0 bridgehead atoms. The van der Waals surface area contributed by atoms with E-state index < -0.39 is 40.9 Å². The van der Waals surface area contributed by atoms with Crippen LogP contribution in [0.15, 0.2) is 12.1 Å². The second kappa shape index (κ2) is 4.32. The Morgan fingerprint density at radius 2 is 1.94 bits per heavy atom. The number of benzene rings is 1. The number of aliphatic carboxylic acids is 1. The van der Waals surface area contributed by atoms with Gasteiger partial charge < -0.3 is 10.0 Å². The van der Waals surface area contributed by atoms with Crippen molar-refractivity contribution in [2.24, 2.45) is 5.92 Å². The van der Waals surface area contributed by atoms with E-state index in [1.54, 1.807) is 0 Å². The molecule has 1 fully saturated rings. The molecule has 2 rings (SSSR count). The molecule has 1 unspecified atom stereocenters. The number of hydrogen-bond acceptors (Lipinski definition) is 2. The number of anilines is 1. The molecular weight excluding hydrogens is 251 g/mol. The predicted octanol–water partition coefficient (Wildman–Crippen LogP) is 1.54. The van der Waals surface area contributed by atoms with E-state index in [1.807, 2.05) is 0 Å². The molecule has 1 heterocycles. The first-order valence-corrected chi connectivity index (χ1v) is 5.08. The maximum absolute atomic E-state index is 13.5. The van der Waals surface area contributed by atoms with Crippen LogP contribution in [-0.4, -0.2) is 23.5 Å². The van der Waals surface area contributed by atoms with Gasteiger partial charge >= 0.3 is 5.97 Å². The van der Waals surface area contributed by atoms with Crippen molar-refractivity contribution in [3.63, 3.8) is 0 Å². The van der Waals surface area contributed by atoms with Crippen LogP contribution < -0.4 is 4.90 Å². The molecule has 0 aromatic heterocycles. The Morgan fingerprint density at radius 1 is 1.28 bits per heavy atom. The Labute approximate surface area is 99.6 Å². The lowest BCUT2D eigenvalue weighted by Crippen LogP contribution is -2.27.